The van der Waals surface area contributed by atoms with Crippen LogP contribution in [0.15, 0.2) is 60.7 Å². The van der Waals surface area contributed by atoms with Gasteiger partial charge >= 0.3 is 5.97 Å². The summed E-state index contributed by atoms with van der Waals surface area (Å²) in [6.45, 7) is 1.24. The molecule has 2 aromatic rings. The Balaban J connectivity index is 2.10. The Hall–Kier alpha value is -2.58. The van der Waals surface area contributed by atoms with Crippen molar-refractivity contribution in [3.8, 4) is 0 Å². The van der Waals surface area contributed by atoms with E-state index in [1.807, 2.05) is 6.07 Å². The molecule has 0 aromatic heterocycles. The highest BCUT2D eigenvalue weighted by Gasteiger charge is 2.27. The molecule has 0 saturated heterocycles. The molecular weight excluding hydrogens is 410 g/mol. The van der Waals surface area contributed by atoms with Gasteiger partial charge in [-0.05, 0) is 6.42 Å². The summed E-state index contributed by atoms with van der Waals surface area (Å²) in [5, 5.41) is 10.9. The van der Waals surface area contributed by atoms with E-state index in [2.05, 4.69) is 5.32 Å². The van der Waals surface area contributed by atoms with Gasteiger partial charge in [0.2, 0.25) is 16.1 Å². The maximum Gasteiger partial charge on any atom is 0.326 e. The molecule has 0 aliphatic rings. The largest absolute Gasteiger partial charge is 0.480 e. The summed E-state index contributed by atoms with van der Waals surface area (Å²) < 4.78 is 0. The Bertz CT molecular complexity index is 858. The topological polar surface area (TPSA) is 101 Å². The molecule has 2 N–H and O–H groups in total. The minimum Gasteiger partial charge on any atom is -0.480 e. The number of hydrogen-bond donors (Lipinski definition) is 2. The number of carboxylic acid groups (broad SMARTS) is 1. The molecule has 0 radical (unpaired) electrons. The molecule has 0 fully saturated rings. The molecular formula is C21H21NO5S2. The number of hydrogen-bond acceptors (Lipinski definition) is 6. The van der Waals surface area contributed by atoms with E-state index in [4.69, 9.17) is 0 Å². The number of carbonyl (C=O) groups excluding carboxylic acids is 3. The van der Waals surface area contributed by atoms with Crippen molar-refractivity contribution in [2.45, 2.75) is 24.6 Å². The van der Waals surface area contributed by atoms with Gasteiger partial charge in [0.25, 0.3) is 0 Å². The second-order valence-electron chi connectivity index (χ2n) is 6.18. The average Bonchev–Trinajstić information content (AvgIpc) is 2.72. The van der Waals surface area contributed by atoms with E-state index in [0.29, 0.717) is 11.1 Å². The van der Waals surface area contributed by atoms with E-state index in [1.54, 1.807) is 54.6 Å². The molecule has 8 heteroatoms. The predicted molar refractivity (Wildman–Crippen MR) is 115 cm³/mol. The van der Waals surface area contributed by atoms with Crippen LogP contribution in [0.5, 0.6) is 0 Å². The third-order valence-corrected chi connectivity index (χ3v) is 6.29. The van der Waals surface area contributed by atoms with Gasteiger partial charge in [0.15, 0.2) is 0 Å². The molecule has 0 heterocycles. The average molecular weight is 432 g/mol. The molecule has 0 aliphatic carbocycles. The van der Waals surface area contributed by atoms with Gasteiger partial charge in [-0.2, -0.15) is 0 Å². The molecule has 2 atom stereocenters. The molecule has 1 amide bonds. The molecule has 6 nitrogen and oxygen atoms in total. The Kier molecular flexibility index (Phi) is 8.95. The van der Waals surface area contributed by atoms with Crippen LogP contribution in [0.2, 0.25) is 0 Å². The SMILES string of the molecule is CC(=O)NC(CC(CSC(=O)c1ccccc1)SC(=O)c1ccccc1)C(=O)O. The molecule has 0 aliphatic heterocycles. The van der Waals surface area contributed by atoms with E-state index in [0.717, 1.165) is 23.5 Å². The highest BCUT2D eigenvalue weighted by molar-refractivity contribution is 8.17. The van der Waals surface area contributed by atoms with Crippen LogP contribution in [0.25, 0.3) is 0 Å². The van der Waals surface area contributed by atoms with E-state index < -0.39 is 23.2 Å². The summed E-state index contributed by atoms with van der Waals surface area (Å²) in [7, 11) is 0. The highest BCUT2D eigenvalue weighted by atomic mass is 32.2. The van der Waals surface area contributed by atoms with Crippen molar-refractivity contribution in [2.24, 2.45) is 0 Å². The van der Waals surface area contributed by atoms with Crippen molar-refractivity contribution in [2.75, 3.05) is 5.75 Å². The smallest absolute Gasteiger partial charge is 0.326 e. The van der Waals surface area contributed by atoms with Crippen LogP contribution in [0, 0.1) is 0 Å². The Morgan fingerprint density at radius 2 is 1.41 bits per heavy atom. The van der Waals surface area contributed by atoms with Crippen molar-refractivity contribution in [3.63, 3.8) is 0 Å². The Labute approximate surface area is 177 Å². The normalized spacial score (nSPS) is 12.6. The van der Waals surface area contributed by atoms with Gasteiger partial charge in [0, 0.05) is 29.1 Å². The molecule has 29 heavy (non-hydrogen) atoms. The van der Waals surface area contributed by atoms with Gasteiger partial charge in [-0.1, -0.05) is 84.2 Å². The number of carbonyl (C=O) groups is 4. The lowest BCUT2D eigenvalue weighted by Crippen LogP contribution is -2.42. The Morgan fingerprint density at radius 1 is 0.897 bits per heavy atom. The zero-order valence-electron chi connectivity index (χ0n) is 15.7. The zero-order chi connectivity index (χ0) is 21.2. The lowest BCUT2D eigenvalue weighted by atomic mass is 10.1. The predicted octanol–water partition coefficient (Wildman–Crippen LogP) is 3.48. The number of amides is 1. The summed E-state index contributed by atoms with van der Waals surface area (Å²) in [5.41, 5.74) is 1.03. The van der Waals surface area contributed by atoms with Crippen LogP contribution in [0.4, 0.5) is 0 Å². The van der Waals surface area contributed by atoms with Crippen molar-refractivity contribution in [1.82, 2.24) is 5.32 Å². The fourth-order valence-electron chi connectivity index (χ4n) is 2.50. The summed E-state index contributed by atoms with van der Waals surface area (Å²) >= 11 is 2.01. The summed E-state index contributed by atoms with van der Waals surface area (Å²) in [6.07, 6.45) is 0.0211. The monoisotopic (exact) mass is 431 g/mol. The van der Waals surface area contributed by atoms with Crippen LogP contribution in [-0.4, -0.2) is 44.3 Å². The molecule has 2 rings (SSSR count). The van der Waals surface area contributed by atoms with Crippen LogP contribution >= 0.6 is 23.5 Å². The fourth-order valence-corrected chi connectivity index (χ4v) is 4.62. The zero-order valence-corrected chi connectivity index (χ0v) is 17.4. The first kappa shape index (κ1) is 22.7. The van der Waals surface area contributed by atoms with Gasteiger partial charge in [0.05, 0.1) is 0 Å². The maximum atomic E-state index is 12.6. The molecule has 0 saturated carbocycles. The lowest BCUT2D eigenvalue weighted by molar-refractivity contribution is -0.141. The van der Waals surface area contributed by atoms with Gasteiger partial charge in [-0.25, -0.2) is 4.79 Å². The van der Waals surface area contributed by atoms with Crippen molar-refractivity contribution < 1.29 is 24.3 Å². The Morgan fingerprint density at radius 3 is 1.90 bits per heavy atom. The highest BCUT2D eigenvalue weighted by Crippen LogP contribution is 2.27. The minimum atomic E-state index is -1.18. The first-order chi connectivity index (χ1) is 13.9. The van der Waals surface area contributed by atoms with Crippen LogP contribution < -0.4 is 5.32 Å². The molecule has 152 valence electrons. The third-order valence-electron chi connectivity index (χ3n) is 3.87. The van der Waals surface area contributed by atoms with Crippen LogP contribution in [0.3, 0.4) is 0 Å². The standard InChI is InChI=1S/C21H21NO5S2/c1-14(23)22-18(19(24)25)12-17(29-21(27)16-10-6-3-7-11-16)13-28-20(26)15-8-4-2-5-9-15/h2-11,17-18H,12-13H2,1H3,(H,22,23)(H,24,25). The van der Waals surface area contributed by atoms with Gasteiger partial charge < -0.3 is 10.4 Å². The fraction of sp³-hybridized carbons (Fsp3) is 0.238. The van der Waals surface area contributed by atoms with E-state index in [9.17, 15) is 24.3 Å². The van der Waals surface area contributed by atoms with Gasteiger partial charge in [-0.15, -0.1) is 0 Å². The number of benzene rings is 2. The van der Waals surface area contributed by atoms with Crippen molar-refractivity contribution >= 4 is 45.6 Å². The van der Waals surface area contributed by atoms with Gasteiger partial charge in [0.1, 0.15) is 6.04 Å². The van der Waals surface area contributed by atoms with E-state index >= 15 is 0 Å². The third kappa shape index (κ3) is 7.75. The summed E-state index contributed by atoms with van der Waals surface area (Å²) in [4.78, 5) is 47.8. The first-order valence-corrected chi connectivity index (χ1v) is 10.7. The lowest BCUT2D eigenvalue weighted by Gasteiger charge is -2.20. The molecule has 0 bridgehead atoms. The molecule has 2 aromatic carbocycles. The number of nitrogens with one attached hydrogen (secondary N) is 1. The first-order valence-electron chi connectivity index (χ1n) is 8.85. The van der Waals surface area contributed by atoms with Crippen molar-refractivity contribution in [3.05, 3.63) is 71.8 Å². The second kappa shape index (κ2) is 11.4. The summed E-state index contributed by atoms with van der Waals surface area (Å²) in [6, 6.07) is 16.2. The van der Waals surface area contributed by atoms with Crippen LogP contribution in [0.1, 0.15) is 34.1 Å². The minimum absolute atomic E-state index is 0.0211. The number of carboxylic acids is 1. The molecule has 2 unspecified atom stereocenters. The van der Waals surface area contributed by atoms with E-state index in [-0.39, 0.29) is 22.4 Å². The number of rotatable bonds is 9. The maximum absolute atomic E-state index is 12.6. The second-order valence-corrected chi connectivity index (χ2v) is 8.45. The summed E-state index contributed by atoms with van der Waals surface area (Å²) in [5.74, 6) is -1.42. The number of thioether (sulfide) groups is 2. The quantitative estimate of drug-likeness (QED) is 0.627. The van der Waals surface area contributed by atoms with E-state index in [1.165, 1.54) is 6.92 Å². The molecule has 0 spiro atoms. The van der Waals surface area contributed by atoms with Crippen LogP contribution in [-0.2, 0) is 9.59 Å². The number of aliphatic carboxylic acids is 1. The van der Waals surface area contributed by atoms with Crippen molar-refractivity contribution in [1.29, 1.82) is 0 Å². The van der Waals surface area contributed by atoms with Gasteiger partial charge in [-0.3, -0.25) is 14.4 Å².